The summed E-state index contributed by atoms with van der Waals surface area (Å²) in [7, 11) is 0. The topological polar surface area (TPSA) is 46.5 Å². The van der Waals surface area contributed by atoms with Crippen molar-refractivity contribution in [3.8, 4) is 5.75 Å². The van der Waals surface area contributed by atoms with E-state index in [1.165, 1.54) is 0 Å². The zero-order chi connectivity index (χ0) is 12.3. The number of allylic oxidation sites excluding steroid dienone is 1. The van der Waals surface area contributed by atoms with Crippen molar-refractivity contribution >= 4 is 5.97 Å². The molecule has 3 heteroatoms. The number of benzene rings is 1. The molecule has 2 rings (SSSR count). The quantitative estimate of drug-likeness (QED) is 0.814. The first-order chi connectivity index (χ1) is 8.16. The molecule has 1 aromatic rings. The highest BCUT2D eigenvalue weighted by atomic mass is 16.5. The van der Waals surface area contributed by atoms with Crippen molar-refractivity contribution in [2.75, 3.05) is 0 Å². The van der Waals surface area contributed by atoms with Gasteiger partial charge in [0, 0.05) is 0 Å². The van der Waals surface area contributed by atoms with Gasteiger partial charge in [0.25, 0.3) is 0 Å². The van der Waals surface area contributed by atoms with Gasteiger partial charge in [-0.2, -0.15) is 0 Å². The summed E-state index contributed by atoms with van der Waals surface area (Å²) in [6.45, 7) is 1.78. The first kappa shape index (κ1) is 11.7. The van der Waals surface area contributed by atoms with Crippen LogP contribution in [0.1, 0.15) is 35.2 Å². The highest BCUT2D eigenvalue weighted by molar-refractivity contribution is 5.89. The Morgan fingerprint density at radius 3 is 2.88 bits per heavy atom. The van der Waals surface area contributed by atoms with Crippen molar-refractivity contribution in [1.82, 2.24) is 0 Å². The number of carbonyl (C=O) groups is 1. The summed E-state index contributed by atoms with van der Waals surface area (Å²) in [5, 5.41) is 8.93. The minimum Gasteiger partial charge on any atom is -0.486 e. The summed E-state index contributed by atoms with van der Waals surface area (Å²) in [5.74, 6) is -0.157. The summed E-state index contributed by atoms with van der Waals surface area (Å²) in [6.07, 6.45) is 7.62. The average Bonchev–Trinajstić information content (AvgIpc) is 2.30. The Hall–Kier alpha value is -1.77. The maximum atomic E-state index is 10.9. The van der Waals surface area contributed by atoms with Crippen LogP contribution in [0.4, 0.5) is 0 Å². The predicted octanol–water partition coefficient (Wildman–Crippen LogP) is 3.18. The first-order valence-corrected chi connectivity index (χ1v) is 5.84. The molecular formula is C14H16O3. The molecule has 1 aromatic carbocycles. The Morgan fingerprint density at radius 2 is 2.29 bits per heavy atom. The van der Waals surface area contributed by atoms with Crippen LogP contribution in [-0.4, -0.2) is 17.2 Å². The molecule has 17 heavy (non-hydrogen) atoms. The lowest BCUT2D eigenvalue weighted by Gasteiger charge is -2.18. The van der Waals surface area contributed by atoms with Crippen molar-refractivity contribution < 1.29 is 14.6 Å². The Kier molecular flexibility index (Phi) is 3.47. The van der Waals surface area contributed by atoms with Gasteiger partial charge in [0.2, 0.25) is 0 Å². The van der Waals surface area contributed by atoms with Gasteiger partial charge in [0.15, 0.2) is 0 Å². The van der Waals surface area contributed by atoms with Crippen molar-refractivity contribution in [3.63, 3.8) is 0 Å². The monoisotopic (exact) mass is 232 g/mol. The van der Waals surface area contributed by atoms with Gasteiger partial charge in [0.1, 0.15) is 11.9 Å². The molecule has 0 aliphatic heterocycles. The molecule has 0 fully saturated rings. The molecule has 0 radical (unpaired) electrons. The van der Waals surface area contributed by atoms with Crippen LogP contribution in [0, 0.1) is 6.92 Å². The molecule has 0 heterocycles. The highest BCUT2D eigenvalue weighted by Gasteiger charge is 2.12. The van der Waals surface area contributed by atoms with Gasteiger partial charge in [0.05, 0.1) is 5.56 Å². The second kappa shape index (κ2) is 5.04. The summed E-state index contributed by atoms with van der Waals surface area (Å²) < 4.78 is 5.79. The van der Waals surface area contributed by atoms with Gasteiger partial charge < -0.3 is 9.84 Å². The maximum Gasteiger partial charge on any atom is 0.335 e. The van der Waals surface area contributed by atoms with Crippen molar-refractivity contribution in [2.24, 2.45) is 0 Å². The molecule has 0 aromatic heterocycles. The van der Waals surface area contributed by atoms with Crippen molar-refractivity contribution in [2.45, 2.75) is 32.3 Å². The van der Waals surface area contributed by atoms with Crippen LogP contribution in [0.15, 0.2) is 30.4 Å². The van der Waals surface area contributed by atoms with E-state index >= 15 is 0 Å². The van der Waals surface area contributed by atoms with Crippen LogP contribution >= 0.6 is 0 Å². The van der Waals surface area contributed by atoms with Gasteiger partial charge in [-0.05, 0) is 56.0 Å². The molecular weight excluding hydrogens is 216 g/mol. The minimum atomic E-state index is -0.897. The zero-order valence-corrected chi connectivity index (χ0v) is 9.85. The van der Waals surface area contributed by atoms with Crippen LogP contribution in [0.3, 0.4) is 0 Å². The van der Waals surface area contributed by atoms with Gasteiger partial charge in [-0.3, -0.25) is 0 Å². The molecule has 0 amide bonds. The second-order valence-electron chi connectivity index (χ2n) is 4.30. The number of aryl methyl sites for hydroxylation is 1. The first-order valence-electron chi connectivity index (χ1n) is 5.84. The van der Waals surface area contributed by atoms with Gasteiger partial charge >= 0.3 is 5.97 Å². The summed E-state index contributed by atoms with van der Waals surface area (Å²) >= 11 is 0. The van der Waals surface area contributed by atoms with Crippen LogP contribution in [0.25, 0.3) is 0 Å². The molecule has 0 saturated carbocycles. The maximum absolute atomic E-state index is 10.9. The molecule has 1 N–H and O–H groups in total. The molecule has 0 spiro atoms. The second-order valence-corrected chi connectivity index (χ2v) is 4.30. The third kappa shape index (κ3) is 2.87. The van der Waals surface area contributed by atoms with Crippen LogP contribution in [0.2, 0.25) is 0 Å². The van der Waals surface area contributed by atoms with E-state index in [2.05, 4.69) is 12.2 Å². The molecule has 90 valence electrons. The lowest BCUT2D eigenvalue weighted by Crippen LogP contribution is -2.15. The predicted molar refractivity (Wildman–Crippen MR) is 65.5 cm³/mol. The number of rotatable bonds is 3. The lowest BCUT2D eigenvalue weighted by molar-refractivity contribution is 0.0696. The summed E-state index contributed by atoms with van der Waals surface area (Å²) in [4.78, 5) is 10.9. The Balaban J connectivity index is 2.12. The van der Waals surface area contributed by atoms with E-state index in [9.17, 15) is 4.79 Å². The van der Waals surface area contributed by atoms with E-state index in [-0.39, 0.29) is 6.10 Å². The average molecular weight is 232 g/mol. The summed E-state index contributed by atoms with van der Waals surface area (Å²) in [6, 6.07) is 5.10. The largest absolute Gasteiger partial charge is 0.486 e. The molecule has 1 atom stereocenters. The number of ether oxygens (including phenoxy) is 1. The van der Waals surface area contributed by atoms with E-state index in [1.807, 2.05) is 0 Å². The highest BCUT2D eigenvalue weighted by Crippen LogP contribution is 2.21. The van der Waals surface area contributed by atoms with Crippen molar-refractivity contribution in [1.29, 1.82) is 0 Å². The fraction of sp³-hybridized carbons (Fsp3) is 0.357. The smallest absolute Gasteiger partial charge is 0.335 e. The van der Waals surface area contributed by atoms with E-state index in [4.69, 9.17) is 9.84 Å². The van der Waals surface area contributed by atoms with E-state index in [0.29, 0.717) is 5.56 Å². The van der Waals surface area contributed by atoms with E-state index < -0.39 is 5.97 Å². The normalized spacial score (nSPS) is 19.0. The standard InChI is InChI=1S/C14H16O3/c1-10-9-12(7-8-13(10)14(15)16)17-11-5-3-2-4-6-11/h3,5,7-9,11H,2,4,6H2,1H3,(H,15,16). The Morgan fingerprint density at radius 1 is 1.47 bits per heavy atom. The van der Waals surface area contributed by atoms with E-state index in [0.717, 1.165) is 30.6 Å². The number of carboxylic acids is 1. The van der Waals surface area contributed by atoms with Crippen molar-refractivity contribution in [3.05, 3.63) is 41.5 Å². The molecule has 1 aliphatic carbocycles. The van der Waals surface area contributed by atoms with Gasteiger partial charge in [-0.15, -0.1) is 0 Å². The Labute approximate surface area is 101 Å². The van der Waals surface area contributed by atoms with Crippen LogP contribution < -0.4 is 4.74 Å². The van der Waals surface area contributed by atoms with Crippen LogP contribution in [-0.2, 0) is 0 Å². The molecule has 0 saturated heterocycles. The molecule has 0 bridgehead atoms. The SMILES string of the molecule is Cc1cc(OC2C=CCCC2)ccc1C(=O)O. The Bertz CT molecular complexity index is 449. The minimum absolute atomic E-state index is 0.124. The number of aromatic carboxylic acids is 1. The number of carboxylic acid groups (broad SMARTS) is 1. The number of hydrogen-bond donors (Lipinski definition) is 1. The molecule has 1 aliphatic rings. The van der Waals surface area contributed by atoms with E-state index in [1.54, 1.807) is 25.1 Å². The molecule has 3 nitrogen and oxygen atoms in total. The molecule has 1 unspecified atom stereocenters. The fourth-order valence-corrected chi connectivity index (χ4v) is 2.00. The third-order valence-corrected chi connectivity index (χ3v) is 2.93. The van der Waals surface area contributed by atoms with Gasteiger partial charge in [-0.1, -0.05) is 6.08 Å². The van der Waals surface area contributed by atoms with Crippen LogP contribution in [0.5, 0.6) is 5.75 Å². The number of hydrogen-bond acceptors (Lipinski definition) is 2. The lowest BCUT2D eigenvalue weighted by atomic mass is 10.0. The zero-order valence-electron chi connectivity index (χ0n) is 9.85. The summed E-state index contributed by atoms with van der Waals surface area (Å²) in [5.41, 5.74) is 1.06. The fourth-order valence-electron chi connectivity index (χ4n) is 2.00. The third-order valence-electron chi connectivity index (χ3n) is 2.93. The van der Waals surface area contributed by atoms with Gasteiger partial charge in [-0.25, -0.2) is 4.79 Å².